The van der Waals surface area contributed by atoms with Crippen molar-refractivity contribution in [1.82, 2.24) is 15.0 Å². The van der Waals surface area contributed by atoms with E-state index in [2.05, 4.69) is 15.0 Å². The number of pyridine rings is 1. The molecular formula is C11H8FN3O2. The summed E-state index contributed by atoms with van der Waals surface area (Å²) in [5, 5.41) is 8.82. The molecule has 1 N–H and O–H groups in total. The van der Waals surface area contributed by atoms with Gasteiger partial charge in [-0.25, -0.2) is 24.1 Å². The fraction of sp³-hybridized carbons (Fsp3) is 0.0909. The van der Waals surface area contributed by atoms with Crippen LogP contribution >= 0.6 is 0 Å². The van der Waals surface area contributed by atoms with Crippen molar-refractivity contribution >= 4 is 5.97 Å². The maximum Gasteiger partial charge on any atom is 0.339 e. The van der Waals surface area contributed by atoms with Crippen molar-refractivity contribution in [3.05, 3.63) is 41.6 Å². The second-order valence-electron chi connectivity index (χ2n) is 3.36. The summed E-state index contributed by atoms with van der Waals surface area (Å²) in [5.41, 5.74) is 0.774. The van der Waals surface area contributed by atoms with E-state index in [1.54, 1.807) is 6.92 Å². The average molecular weight is 233 g/mol. The maximum absolute atomic E-state index is 12.7. The molecule has 0 aromatic carbocycles. The molecule has 2 aromatic heterocycles. The Labute approximate surface area is 96.0 Å². The Morgan fingerprint density at radius 1 is 1.29 bits per heavy atom. The number of rotatable bonds is 2. The van der Waals surface area contributed by atoms with Crippen molar-refractivity contribution in [2.45, 2.75) is 6.92 Å². The number of carboxylic acids is 1. The first-order chi connectivity index (χ1) is 8.08. The lowest BCUT2D eigenvalue weighted by Gasteiger charge is -2.02. The lowest BCUT2D eigenvalue weighted by molar-refractivity contribution is 0.0695. The summed E-state index contributed by atoms with van der Waals surface area (Å²) in [7, 11) is 0. The molecule has 0 atom stereocenters. The number of carbonyl (C=O) groups is 1. The van der Waals surface area contributed by atoms with Crippen LogP contribution in [0.15, 0.2) is 24.5 Å². The van der Waals surface area contributed by atoms with E-state index in [9.17, 15) is 9.18 Å². The van der Waals surface area contributed by atoms with Crippen molar-refractivity contribution in [2.24, 2.45) is 0 Å². The highest BCUT2D eigenvalue weighted by Gasteiger charge is 2.11. The molecule has 0 radical (unpaired) electrons. The van der Waals surface area contributed by atoms with Gasteiger partial charge in [0.2, 0.25) is 0 Å². The van der Waals surface area contributed by atoms with Crippen LogP contribution in [-0.4, -0.2) is 26.0 Å². The molecule has 0 saturated carbocycles. The minimum Gasteiger partial charge on any atom is -0.478 e. The Hall–Kier alpha value is -2.37. The van der Waals surface area contributed by atoms with Crippen LogP contribution in [0.3, 0.4) is 0 Å². The Kier molecular flexibility index (Phi) is 2.78. The van der Waals surface area contributed by atoms with Gasteiger partial charge in [0.1, 0.15) is 11.5 Å². The Morgan fingerprint density at radius 3 is 2.59 bits per heavy atom. The summed E-state index contributed by atoms with van der Waals surface area (Å²) >= 11 is 0. The Morgan fingerprint density at radius 2 is 2.06 bits per heavy atom. The first-order valence-corrected chi connectivity index (χ1v) is 4.77. The van der Waals surface area contributed by atoms with Crippen LogP contribution in [-0.2, 0) is 0 Å². The van der Waals surface area contributed by atoms with Crippen LogP contribution in [0.4, 0.5) is 4.39 Å². The molecule has 0 bridgehead atoms. The largest absolute Gasteiger partial charge is 0.478 e. The van der Waals surface area contributed by atoms with E-state index in [1.807, 2.05) is 0 Å². The molecule has 0 aliphatic heterocycles. The van der Waals surface area contributed by atoms with Crippen molar-refractivity contribution in [1.29, 1.82) is 0 Å². The standard InChI is InChI=1S/C11H8FN3O2/c1-6-8(11(16)17)5-14-10(15-6)9-3-2-7(12)4-13-9/h2-5H,1H3,(H,16,17). The van der Waals surface area contributed by atoms with E-state index >= 15 is 0 Å². The summed E-state index contributed by atoms with van der Waals surface area (Å²) in [4.78, 5) is 22.5. The van der Waals surface area contributed by atoms with Crippen LogP contribution in [0.5, 0.6) is 0 Å². The van der Waals surface area contributed by atoms with E-state index in [-0.39, 0.29) is 11.4 Å². The molecule has 2 aromatic rings. The number of halogens is 1. The van der Waals surface area contributed by atoms with Gasteiger partial charge in [-0.1, -0.05) is 0 Å². The third kappa shape index (κ3) is 2.25. The van der Waals surface area contributed by atoms with Crippen molar-refractivity contribution in [3.8, 4) is 11.5 Å². The zero-order valence-electron chi connectivity index (χ0n) is 8.88. The van der Waals surface area contributed by atoms with Crippen LogP contribution in [0.2, 0.25) is 0 Å². The molecule has 2 heterocycles. The predicted molar refractivity (Wildman–Crippen MR) is 56.9 cm³/mol. The minimum atomic E-state index is -1.08. The van der Waals surface area contributed by atoms with E-state index in [0.29, 0.717) is 11.4 Å². The van der Waals surface area contributed by atoms with E-state index < -0.39 is 11.8 Å². The molecule has 86 valence electrons. The summed E-state index contributed by atoms with van der Waals surface area (Å²) < 4.78 is 12.7. The molecule has 17 heavy (non-hydrogen) atoms. The molecule has 5 nitrogen and oxygen atoms in total. The van der Waals surface area contributed by atoms with Crippen LogP contribution in [0.1, 0.15) is 16.1 Å². The van der Waals surface area contributed by atoms with Gasteiger partial charge in [-0.15, -0.1) is 0 Å². The summed E-state index contributed by atoms with van der Waals surface area (Å²) in [5.74, 6) is -1.26. The third-order valence-corrected chi connectivity index (χ3v) is 2.17. The van der Waals surface area contributed by atoms with Gasteiger partial charge in [0, 0.05) is 6.20 Å². The van der Waals surface area contributed by atoms with Gasteiger partial charge in [-0.05, 0) is 19.1 Å². The molecule has 0 unspecified atom stereocenters. The third-order valence-electron chi connectivity index (χ3n) is 2.17. The van der Waals surface area contributed by atoms with Gasteiger partial charge in [0.15, 0.2) is 5.82 Å². The quantitative estimate of drug-likeness (QED) is 0.854. The first kappa shape index (κ1) is 11.1. The molecule has 0 amide bonds. The monoisotopic (exact) mass is 233 g/mol. The lowest BCUT2D eigenvalue weighted by Crippen LogP contribution is -2.04. The number of aromatic nitrogens is 3. The highest BCUT2D eigenvalue weighted by molar-refractivity contribution is 5.88. The molecule has 0 fully saturated rings. The van der Waals surface area contributed by atoms with Gasteiger partial charge in [0.25, 0.3) is 0 Å². The zero-order valence-corrected chi connectivity index (χ0v) is 8.88. The number of hydrogen-bond acceptors (Lipinski definition) is 4. The SMILES string of the molecule is Cc1nc(-c2ccc(F)cn2)ncc1C(=O)O. The van der Waals surface area contributed by atoms with Crippen LogP contribution in [0, 0.1) is 12.7 Å². The zero-order chi connectivity index (χ0) is 12.4. The summed E-state index contributed by atoms with van der Waals surface area (Å²) in [6.45, 7) is 1.57. The minimum absolute atomic E-state index is 0.0378. The smallest absolute Gasteiger partial charge is 0.339 e. The van der Waals surface area contributed by atoms with Crippen LogP contribution < -0.4 is 0 Å². The highest BCUT2D eigenvalue weighted by Crippen LogP contribution is 2.13. The summed E-state index contributed by atoms with van der Waals surface area (Å²) in [6.07, 6.45) is 2.27. The molecule has 0 saturated heterocycles. The summed E-state index contributed by atoms with van der Waals surface area (Å²) in [6, 6.07) is 2.68. The fourth-order valence-corrected chi connectivity index (χ4v) is 1.31. The van der Waals surface area contributed by atoms with Crippen molar-refractivity contribution in [3.63, 3.8) is 0 Å². The van der Waals surface area contributed by atoms with Crippen LogP contribution in [0.25, 0.3) is 11.5 Å². The number of nitrogens with zero attached hydrogens (tertiary/aromatic N) is 3. The predicted octanol–water partition coefficient (Wildman–Crippen LogP) is 1.68. The molecule has 2 rings (SSSR count). The van der Waals surface area contributed by atoms with E-state index in [1.165, 1.54) is 18.3 Å². The second-order valence-corrected chi connectivity index (χ2v) is 3.36. The number of aryl methyl sites for hydroxylation is 1. The fourth-order valence-electron chi connectivity index (χ4n) is 1.31. The highest BCUT2D eigenvalue weighted by atomic mass is 19.1. The van der Waals surface area contributed by atoms with Crippen molar-refractivity contribution < 1.29 is 14.3 Å². The molecule has 0 aliphatic carbocycles. The first-order valence-electron chi connectivity index (χ1n) is 4.77. The average Bonchev–Trinajstić information content (AvgIpc) is 2.29. The lowest BCUT2D eigenvalue weighted by atomic mass is 10.2. The van der Waals surface area contributed by atoms with Gasteiger partial charge in [-0.3, -0.25) is 0 Å². The molecular weight excluding hydrogens is 225 g/mol. The number of hydrogen-bond donors (Lipinski definition) is 1. The number of carboxylic acid groups (broad SMARTS) is 1. The van der Waals surface area contributed by atoms with Gasteiger partial charge < -0.3 is 5.11 Å². The van der Waals surface area contributed by atoms with Gasteiger partial charge in [0.05, 0.1) is 17.5 Å². The normalized spacial score (nSPS) is 10.2. The Balaban J connectivity index is 2.44. The number of aromatic carboxylic acids is 1. The van der Waals surface area contributed by atoms with Gasteiger partial charge in [-0.2, -0.15) is 0 Å². The topological polar surface area (TPSA) is 76.0 Å². The second kappa shape index (κ2) is 4.25. The van der Waals surface area contributed by atoms with Crippen molar-refractivity contribution in [2.75, 3.05) is 0 Å². The molecule has 0 spiro atoms. The Bertz CT molecular complexity index is 569. The maximum atomic E-state index is 12.7. The molecule has 0 aliphatic rings. The molecule has 6 heteroatoms. The van der Waals surface area contributed by atoms with E-state index in [4.69, 9.17) is 5.11 Å². The van der Waals surface area contributed by atoms with E-state index in [0.717, 1.165) is 6.20 Å². The van der Waals surface area contributed by atoms with Gasteiger partial charge >= 0.3 is 5.97 Å².